The van der Waals surface area contributed by atoms with Gasteiger partial charge in [-0.25, -0.2) is 0 Å². The second-order valence-corrected chi connectivity index (χ2v) is 3.32. The SMILES string of the molecule is CN1CCCOc2c(N)cccc21. The lowest BCUT2D eigenvalue weighted by Gasteiger charge is -2.18. The Bertz CT molecular complexity index is 312. The number of benzene rings is 1. The van der Waals surface area contributed by atoms with Gasteiger partial charge < -0.3 is 15.4 Å². The van der Waals surface area contributed by atoms with E-state index in [0.29, 0.717) is 0 Å². The van der Waals surface area contributed by atoms with Gasteiger partial charge in [0.25, 0.3) is 0 Å². The zero-order valence-corrected chi connectivity index (χ0v) is 7.79. The number of anilines is 2. The van der Waals surface area contributed by atoms with Crippen LogP contribution in [0.1, 0.15) is 6.42 Å². The molecular weight excluding hydrogens is 164 g/mol. The molecule has 2 N–H and O–H groups in total. The van der Waals surface area contributed by atoms with Gasteiger partial charge in [-0.05, 0) is 18.6 Å². The molecule has 0 amide bonds. The summed E-state index contributed by atoms with van der Waals surface area (Å²) in [7, 11) is 2.06. The number of para-hydroxylation sites is 1. The summed E-state index contributed by atoms with van der Waals surface area (Å²) in [5, 5.41) is 0. The summed E-state index contributed by atoms with van der Waals surface area (Å²) in [4.78, 5) is 2.18. The third kappa shape index (κ3) is 1.41. The average molecular weight is 178 g/mol. The van der Waals surface area contributed by atoms with Crippen molar-refractivity contribution in [2.45, 2.75) is 6.42 Å². The summed E-state index contributed by atoms with van der Waals surface area (Å²) in [6.45, 7) is 1.78. The molecule has 3 nitrogen and oxygen atoms in total. The molecule has 1 aromatic rings. The fourth-order valence-corrected chi connectivity index (χ4v) is 1.60. The second-order valence-electron chi connectivity index (χ2n) is 3.32. The summed E-state index contributed by atoms with van der Waals surface area (Å²) in [6, 6.07) is 5.87. The van der Waals surface area contributed by atoms with E-state index in [1.165, 1.54) is 0 Å². The van der Waals surface area contributed by atoms with Gasteiger partial charge in [0.05, 0.1) is 18.0 Å². The topological polar surface area (TPSA) is 38.5 Å². The summed E-state index contributed by atoms with van der Waals surface area (Å²) in [5.74, 6) is 0.836. The Labute approximate surface area is 78.1 Å². The van der Waals surface area contributed by atoms with Gasteiger partial charge in [0.2, 0.25) is 0 Å². The number of nitrogens with two attached hydrogens (primary N) is 1. The van der Waals surface area contributed by atoms with Crippen LogP contribution in [0.5, 0.6) is 5.75 Å². The van der Waals surface area contributed by atoms with Crippen molar-refractivity contribution in [2.75, 3.05) is 30.8 Å². The van der Waals surface area contributed by atoms with Crippen molar-refractivity contribution in [3.05, 3.63) is 18.2 Å². The molecule has 2 rings (SSSR count). The Morgan fingerprint density at radius 2 is 2.31 bits per heavy atom. The van der Waals surface area contributed by atoms with Crippen LogP contribution < -0.4 is 15.4 Å². The molecule has 1 aliphatic rings. The largest absolute Gasteiger partial charge is 0.489 e. The zero-order valence-electron chi connectivity index (χ0n) is 7.79. The van der Waals surface area contributed by atoms with Crippen LogP contribution in [0.2, 0.25) is 0 Å². The highest BCUT2D eigenvalue weighted by atomic mass is 16.5. The zero-order chi connectivity index (χ0) is 9.26. The fraction of sp³-hybridized carbons (Fsp3) is 0.400. The van der Waals surface area contributed by atoms with Crippen LogP contribution in [0.4, 0.5) is 11.4 Å². The monoisotopic (exact) mass is 178 g/mol. The van der Waals surface area contributed by atoms with Gasteiger partial charge >= 0.3 is 0 Å². The van der Waals surface area contributed by atoms with Crippen LogP contribution in [0.25, 0.3) is 0 Å². The molecule has 0 saturated heterocycles. The van der Waals surface area contributed by atoms with Crippen molar-refractivity contribution in [1.29, 1.82) is 0 Å². The van der Waals surface area contributed by atoms with Crippen molar-refractivity contribution in [3.63, 3.8) is 0 Å². The molecule has 0 bridgehead atoms. The summed E-state index contributed by atoms with van der Waals surface area (Å²) < 4.78 is 5.58. The molecule has 70 valence electrons. The molecule has 0 unspecified atom stereocenters. The quantitative estimate of drug-likeness (QED) is 0.612. The first-order chi connectivity index (χ1) is 6.29. The fourth-order valence-electron chi connectivity index (χ4n) is 1.60. The number of nitrogen functional groups attached to an aromatic ring is 1. The maximum Gasteiger partial charge on any atom is 0.165 e. The molecule has 3 heteroatoms. The molecule has 0 saturated carbocycles. The lowest BCUT2D eigenvalue weighted by molar-refractivity contribution is 0.324. The molecule has 0 radical (unpaired) electrons. The third-order valence-electron chi connectivity index (χ3n) is 2.32. The van der Waals surface area contributed by atoms with Gasteiger partial charge in [-0.1, -0.05) is 6.07 Å². The Morgan fingerprint density at radius 3 is 3.15 bits per heavy atom. The Balaban J connectivity index is 2.47. The van der Waals surface area contributed by atoms with E-state index in [0.717, 1.165) is 36.7 Å². The molecule has 0 fully saturated rings. The van der Waals surface area contributed by atoms with E-state index < -0.39 is 0 Å². The number of rotatable bonds is 0. The number of ether oxygens (including phenoxy) is 1. The Kier molecular flexibility index (Phi) is 2.00. The highest BCUT2D eigenvalue weighted by Crippen LogP contribution is 2.34. The summed E-state index contributed by atoms with van der Waals surface area (Å²) >= 11 is 0. The number of fused-ring (bicyclic) bond motifs is 1. The molecule has 0 aliphatic carbocycles. The van der Waals surface area contributed by atoms with Gasteiger partial charge in [-0.2, -0.15) is 0 Å². The van der Waals surface area contributed by atoms with Gasteiger partial charge in [0.1, 0.15) is 0 Å². The maximum atomic E-state index is 5.82. The Hall–Kier alpha value is -1.38. The highest BCUT2D eigenvalue weighted by molar-refractivity contribution is 5.70. The molecular formula is C10H14N2O. The predicted octanol–water partition coefficient (Wildman–Crippen LogP) is 1.49. The average Bonchev–Trinajstić information content (AvgIpc) is 2.30. The van der Waals surface area contributed by atoms with Crippen molar-refractivity contribution in [2.24, 2.45) is 0 Å². The first-order valence-corrected chi connectivity index (χ1v) is 4.51. The van der Waals surface area contributed by atoms with Gasteiger partial charge in [-0.3, -0.25) is 0 Å². The predicted molar refractivity (Wildman–Crippen MR) is 54.2 cm³/mol. The summed E-state index contributed by atoms with van der Waals surface area (Å²) in [6.07, 6.45) is 1.05. The van der Waals surface area contributed by atoms with E-state index in [1.54, 1.807) is 0 Å². The third-order valence-corrected chi connectivity index (χ3v) is 2.32. The lowest BCUT2D eigenvalue weighted by atomic mass is 10.2. The van der Waals surface area contributed by atoms with E-state index in [-0.39, 0.29) is 0 Å². The van der Waals surface area contributed by atoms with E-state index in [9.17, 15) is 0 Å². The van der Waals surface area contributed by atoms with Crippen molar-refractivity contribution < 1.29 is 4.74 Å². The van der Waals surface area contributed by atoms with Gasteiger partial charge in [0.15, 0.2) is 5.75 Å². The van der Waals surface area contributed by atoms with Crippen molar-refractivity contribution in [1.82, 2.24) is 0 Å². The smallest absolute Gasteiger partial charge is 0.165 e. The van der Waals surface area contributed by atoms with Crippen LogP contribution in [-0.2, 0) is 0 Å². The Morgan fingerprint density at radius 1 is 1.46 bits per heavy atom. The van der Waals surface area contributed by atoms with Crippen molar-refractivity contribution in [3.8, 4) is 5.75 Å². The van der Waals surface area contributed by atoms with E-state index in [2.05, 4.69) is 11.9 Å². The lowest BCUT2D eigenvalue weighted by Crippen LogP contribution is -2.17. The van der Waals surface area contributed by atoms with E-state index >= 15 is 0 Å². The van der Waals surface area contributed by atoms with Crippen LogP contribution in [0.15, 0.2) is 18.2 Å². The van der Waals surface area contributed by atoms with Crippen LogP contribution in [0.3, 0.4) is 0 Å². The second kappa shape index (κ2) is 3.17. The normalized spacial score (nSPS) is 15.9. The van der Waals surface area contributed by atoms with E-state index in [4.69, 9.17) is 10.5 Å². The number of nitrogens with zero attached hydrogens (tertiary/aromatic N) is 1. The minimum absolute atomic E-state index is 0.728. The first-order valence-electron chi connectivity index (χ1n) is 4.51. The molecule has 1 aliphatic heterocycles. The standard InChI is InChI=1S/C10H14N2O/c1-12-6-3-7-13-10-8(11)4-2-5-9(10)12/h2,4-5H,3,6-7,11H2,1H3. The van der Waals surface area contributed by atoms with Gasteiger partial charge in [-0.15, -0.1) is 0 Å². The highest BCUT2D eigenvalue weighted by Gasteiger charge is 2.14. The minimum Gasteiger partial charge on any atom is -0.489 e. The number of hydrogen-bond donors (Lipinski definition) is 1. The molecule has 1 aromatic carbocycles. The molecule has 13 heavy (non-hydrogen) atoms. The minimum atomic E-state index is 0.728. The number of hydrogen-bond acceptors (Lipinski definition) is 3. The van der Waals surface area contributed by atoms with E-state index in [1.807, 2.05) is 18.2 Å². The molecule has 0 spiro atoms. The molecule has 0 atom stereocenters. The first kappa shape index (κ1) is 8.23. The van der Waals surface area contributed by atoms with Crippen molar-refractivity contribution >= 4 is 11.4 Å². The summed E-state index contributed by atoms with van der Waals surface area (Å²) in [5.41, 5.74) is 7.64. The maximum absolute atomic E-state index is 5.82. The van der Waals surface area contributed by atoms with Gasteiger partial charge in [0, 0.05) is 13.6 Å². The van der Waals surface area contributed by atoms with Crippen LogP contribution >= 0.6 is 0 Å². The molecule has 1 heterocycles. The molecule has 0 aromatic heterocycles. The van der Waals surface area contributed by atoms with Crippen LogP contribution in [0, 0.1) is 0 Å². The van der Waals surface area contributed by atoms with Crippen LogP contribution in [-0.4, -0.2) is 20.2 Å².